The molecule has 9 heavy (non-hydrogen) atoms. The lowest BCUT2D eigenvalue weighted by Gasteiger charge is -1.68. The normalized spacial score (nSPS) is 32.4. The van der Waals surface area contributed by atoms with Gasteiger partial charge in [0.15, 0.2) is 6.29 Å². The van der Waals surface area contributed by atoms with Crippen LogP contribution in [-0.2, 0) is 14.3 Å². The molecule has 2 unspecified atom stereocenters. The SMILES string of the molecule is O=CC=CC1OC1C=O. The van der Waals surface area contributed by atoms with E-state index in [9.17, 15) is 9.59 Å². The van der Waals surface area contributed by atoms with Gasteiger partial charge in [-0.05, 0) is 12.2 Å². The molecule has 3 nitrogen and oxygen atoms in total. The van der Waals surface area contributed by atoms with Crippen molar-refractivity contribution in [3.8, 4) is 0 Å². The van der Waals surface area contributed by atoms with E-state index in [-0.39, 0.29) is 12.2 Å². The van der Waals surface area contributed by atoms with E-state index in [1.54, 1.807) is 6.08 Å². The topological polar surface area (TPSA) is 46.7 Å². The van der Waals surface area contributed by atoms with Crippen molar-refractivity contribution in [2.24, 2.45) is 0 Å². The fourth-order valence-electron chi connectivity index (χ4n) is 0.555. The van der Waals surface area contributed by atoms with Crippen molar-refractivity contribution in [3.05, 3.63) is 12.2 Å². The van der Waals surface area contributed by atoms with Crippen molar-refractivity contribution in [2.75, 3.05) is 0 Å². The molecule has 1 fully saturated rings. The first-order valence-corrected chi connectivity index (χ1v) is 2.61. The summed E-state index contributed by atoms with van der Waals surface area (Å²) in [5, 5.41) is 0. The zero-order valence-electron chi connectivity index (χ0n) is 4.69. The lowest BCUT2D eigenvalue weighted by Crippen LogP contribution is -1.89. The Morgan fingerprint density at radius 2 is 2.00 bits per heavy atom. The standard InChI is InChI=1S/C6H6O3/c7-3-1-2-5-6(4-8)9-5/h1-6H. The third-order valence-corrected chi connectivity index (χ3v) is 1.07. The first-order valence-electron chi connectivity index (χ1n) is 2.61. The highest BCUT2D eigenvalue weighted by Gasteiger charge is 2.35. The molecule has 0 amide bonds. The lowest BCUT2D eigenvalue weighted by atomic mass is 10.3. The summed E-state index contributed by atoms with van der Waals surface area (Å²) in [4.78, 5) is 19.6. The van der Waals surface area contributed by atoms with E-state index >= 15 is 0 Å². The van der Waals surface area contributed by atoms with Crippen LogP contribution >= 0.6 is 0 Å². The second-order valence-electron chi connectivity index (χ2n) is 1.72. The number of epoxide rings is 1. The Kier molecular flexibility index (Phi) is 1.75. The Balaban J connectivity index is 2.26. The molecule has 48 valence electrons. The Bertz CT molecular complexity index is 150. The molecule has 1 aliphatic rings. The van der Waals surface area contributed by atoms with Crippen LogP contribution < -0.4 is 0 Å². The molecule has 0 aromatic heterocycles. The van der Waals surface area contributed by atoms with Gasteiger partial charge in [0, 0.05) is 0 Å². The first-order chi connectivity index (χ1) is 4.38. The van der Waals surface area contributed by atoms with E-state index in [0.717, 1.165) is 6.29 Å². The Hall–Kier alpha value is -0.960. The molecule has 1 heterocycles. The van der Waals surface area contributed by atoms with Crippen LogP contribution in [0.4, 0.5) is 0 Å². The van der Waals surface area contributed by atoms with E-state index in [1.807, 2.05) is 0 Å². The molecule has 0 spiro atoms. The van der Waals surface area contributed by atoms with Gasteiger partial charge in [0.2, 0.25) is 0 Å². The quantitative estimate of drug-likeness (QED) is 0.296. The molecule has 0 aromatic rings. The second kappa shape index (κ2) is 2.55. The summed E-state index contributed by atoms with van der Waals surface area (Å²) in [6.45, 7) is 0. The van der Waals surface area contributed by atoms with Crippen molar-refractivity contribution in [1.29, 1.82) is 0 Å². The molecule has 0 aromatic carbocycles. The number of carbonyl (C=O) groups excluding carboxylic acids is 2. The van der Waals surface area contributed by atoms with Crippen LogP contribution in [0.2, 0.25) is 0 Å². The summed E-state index contributed by atoms with van der Waals surface area (Å²) in [6.07, 6.45) is 3.82. The molecule has 0 bridgehead atoms. The van der Waals surface area contributed by atoms with Crippen LogP contribution in [0.5, 0.6) is 0 Å². The molecule has 1 saturated heterocycles. The van der Waals surface area contributed by atoms with Gasteiger partial charge in [0.05, 0.1) is 0 Å². The van der Waals surface area contributed by atoms with Crippen molar-refractivity contribution in [1.82, 2.24) is 0 Å². The van der Waals surface area contributed by atoms with Gasteiger partial charge in [-0.3, -0.25) is 4.79 Å². The number of ether oxygens (including phenoxy) is 1. The van der Waals surface area contributed by atoms with Crippen LogP contribution in [0, 0.1) is 0 Å². The predicted octanol–water partition coefficient (Wildman–Crippen LogP) is -0.292. The molecule has 0 aliphatic carbocycles. The Labute approximate surface area is 52.3 Å². The van der Waals surface area contributed by atoms with E-state index in [4.69, 9.17) is 4.74 Å². The highest BCUT2D eigenvalue weighted by Crippen LogP contribution is 2.20. The number of aldehydes is 2. The van der Waals surface area contributed by atoms with Gasteiger partial charge in [0.1, 0.15) is 18.5 Å². The minimum atomic E-state index is -0.304. The number of hydrogen-bond acceptors (Lipinski definition) is 3. The van der Waals surface area contributed by atoms with Gasteiger partial charge in [-0.2, -0.15) is 0 Å². The highest BCUT2D eigenvalue weighted by atomic mass is 16.6. The summed E-state index contributed by atoms with van der Waals surface area (Å²) < 4.78 is 4.75. The molecule has 1 rings (SSSR count). The summed E-state index contributed by atoms with van der Waals surface area (Å²) in [5.41, 5.74) is 0. The summed E-state index contributed by atoms with van der Waals surface area (Å²) in [7, 11) is 0. The van der Waals surface area contributed by atoms with Crippen molar-refractivity contribution in [3.63, 3.8) is 0 Å². The molecular weight excluding hydrogens is 120 g/mol. The maximum atomic E-state index is 9.89. The molecule has 1 aliphatic heterocycles. The highest BCUT2D eigenvalue weighted by molar-refractivity contribution is 5.67. The predicted molar refractivity (Wildman–Crippen MR) is 29.9 cm³/mol. The summed E-state index contributed by atoms with van der Waals surface area (Å²) >= 11 is 0. The average molecular weight is 126 g/mol. The third-order valence-electron chi connectivity index (χ3n) is 1.07. The molecule has 2 atom stereocenters. The van der Waals surface area contributed by atoms with Crippen molar-refractivity contribution in [2.45, 2.75) is 12.2 Å². The Morgan fingerprint density at radius 3 is 2.44 bits per heavy atom. The summed E-state index contributed by atoms with van der Waals surface area (Å²) in [6, 6.07) is 0. The third kappa shape index (κ3) is 1.47. The fraction of sp³-hybridized carbons (Fsp3) is 0.333. The molecule has 0 N–H and O–H groups in total. The zero-order chi connectivity index (χ0) is 6.69. The van der Waals surface area contributed by atoms with E-state index in [0.29, 0.717) is 6.29 Å². The number of carbonyl (C=O) groups is 2. The molecule has 0 radical (unpaired) electrons. The average Bonchev–Trinajstić information content (AvgIpc) is 2.62. The Morgan fingerprint density at radius 1 is 1.22 bits per heavy atom. The van der Waals surface area contributed by atoms with Crippen LogP contribution in [0.15, 0.2) is 12.2 Å². The van der Waals surface area contributed by atoms with Crippen LogP contribution in [0.1, 0.15) is 0 Å². The second-order valence-corrected chi connectivity index (χ2v) is 1.72. The molecule has 3 heteroatoms. The fourth-order valence-corrected chi connectivity index (χ4v) is 0.555. The molecular formula is C6H6O3. The number of rotatable bonds is 3. The first kappa shape index (κ1) is 6.16. The number of allylic oxidation sites excluding steroid dienone is 1. The largest absolute Gasteiger partial charge is 0.357 e. The van der Waals surface area contributed by atoms with E-state index in [2.05, 4.69) is 0 Å². The summed E-state index contributed by atoms with van der Waals surface area (Å²) in [5.74, 6) is 0. The van der Waals surface area contributed by atoms with E-state index in [1.165, 1.54) is 6.08 Å². The minimum absolute atomic E-state index is 0.146. The van der Waals surface area contributed by atoms with Crippen LogP contribution in [-0.4, -0.2) is 24.8 Å². The minimum Gasteiger partial charge on any atom is -0.357 e. The van der Waals surface area contributed by atoms with Crippen molar-refractivity contribution < 1.29 is 14.3 Å². The maximum absolute atomic E-state index is 9.89. The monoisotopic (exact) mass is 126 g/mol. The molecule has 0 saturated carbocycles. The van der Waals surface area contributed by atoms with Crippen LogP contribution in [0.25, 0.3) is 0 Å². The zero-order valence-corrected chi connectivity index (χ0v) is 4.69. The van der Waals surface area contributed by atoms with Gasteiger partial charge < -0.3 is 9.53 Å². The van der Waals surface area contributed by atoms with Gasteiger partial charge in [-0.25, -0.2) is 0 Å². The lowest BCUT2D eigenvalue weighted by molar-refractivity contribution is -0.109. The van der Waals surface area contributed by atoms with Crippen molar-refractivity contribution >= 4 is 12.6 Å². The van der Waals surface area contributed by atoms with E-state index < -0.39 is 0 Å². The van der Waals surface area contributed by atoms with Gasteiger partial charge in [-0.15, -0.1) is 0 Å². The number of hydrogen-bond donors (Lipinski definition) is 0. The van der Waals surface area contributed by atoms with Gasteiger partial charge in [0.25, 0.3) is 0 Å². The van der Waals surface area contributed by atoms with Crippen LogP contribution in [0.3, 0.4) is 0 Å². The van der Waals surface area contributed by atoms with Gasteiger partial charge in [-0.1, -0.05) is 0 Å². The van der Waals surface area contributed by atoms with Gasteiger partial charge >= 0.3 is 0 Å². The maximum Gasteiger partial charge on any atom is 0.151 e. The smallest absolute Gasteiger partial charge is 0.151 e.